The van der Waals surface area contributed by atoms with E-state index >= 15 is 0 Å². The van der Waals surface area contributed by atoms with Gasteiger partial charge in [-0.25, -0.2) is 4.39 Å². The maximum atomic E-state index is 12.7. The summed E-state index contributed by atoms with van der Waals surface area (Å²) in [6.07, 6.45) is 1.33. The minimum Gasteiger partial charge on any atom is -0.365 e. The first-order chi connectivity index (χ1) is 9.49. The van der Waals surface area contributed by atoms with Gasteiger partial charge in [-0.3, -0.25) is 9.59 Å². The van der Waals surface area contributed by atoms with Crippen LogP contribution in [0.1, 0.15) is 21.6 Å². The lowest BCUT2D eigenvalue weighted by Gasteiger charge is -2.07. The highest BCUT2D eigenvalue weighted by molar-refractivity contribution is 6.33. The fraction of sp³-hybridized carbons (Fsp3) is 0.143. The van der Waals surface area contributed by atoms with Crippen LogP contribution in [0.3, 0.4) is 0 Å². The van der Waals surface area contributed by atoms with E-state index in [1.54, 1.807) is 19.1 Å². The van der Waals surface area contributed by atoms with Gasteiger partial charge in [-0.15, -0.1) is 0 Å². The molecule has 1 aromatic heterocycles. The number of rotatable bonds is 3. The van der Waals surface area contributed by atoms with Crippen molar-refractivity contribution < 1.29 is 9.18 Å². The number of amides is 1. The molecule has 0 spiro atoms. The van der Waals surface area contributed by atoms with E-state index in [-0.39, 0.29) is 23.4 Å². The number of aromatic nitrogens is 1. The first kappa shape index (κ1) is 14.1. The molecule has 4 nitrogen and oxygen atoms in total. The lowest BCUT2D eigenvalue weighted by Crippen LogP contribution is -2.37. The van der Waals surface area contributed by atoms with Gasteiger partial charge >= 0.3 is 0 Å². The van der Waals surface area contributed by atoms with Gasteiger partial charge in [0.2, 0.25) is 0 Å². The zero-order valence-corrected chi connectivity index (χ0v) is 10.9. The molecule has 0 unspecified atom stereocenters. The second-order valence-electron chi connectivity index (χ2n) is 4.38. The number of hydrogen-bond acceptors (Lipinski definition) is 2. The van der Waals surface area contributed by atoms with Gasteiger partial charge in [0.25, 0.3) is 5.91 Å². The number of aromatic amines is 1. The number of pyridine rings is 1. The molecule has 0 saturated carbocycles. The Balaban J connectivity index is 2.11. The Bertz CT molecular complexity index is 695. The molecule has 0 bridgehead atoms. The lowest BCUT2D eigenvalue weighted by molar-refractivity contribution is 0.0949. The van der Waals surface area contributed by atoms with Crippen LogP contribution in [-0.2, 0) is 6.54 Å². The van der Waals surface area contributed by atoms with Crippen molar-refractivity contribution in [2.75, 3.05) is 0 Å². The maximum absolute atomic E-state index is 12.7. The quantitative estimate of drug-likeness (QED) is 0.800. The molecule has 0 fully saturated rings. The highest BCUT2D eigenvalue weighted by Gasteiger charge is 2.12. The predicted molar refractivity (Wildman–Crippen MR) is 74.8 cm³/mol. The number of carbonyl (C=O) groups excluding carboxylic acids is 1. The number of hydrogen-bond donors (Lipinski definition) is 2. The Morgan fingerprint density at radius 3 is 2.65 bits per heavy atom. The summed E-state index contributed by atoms with van der Waals surface area (Å²) in [6.45, 7) is 1.85. The summed E-state index contributed by atoms with van der Waals surface area (Å²) in [5.41, 5.74) is 0.730. The van der Waals surface area contributed by atoms with Crippen LogP contribution in [0.4, 0.5) is 4.39 Å². The van der Waals surface area contributed by atoms with Gasteiger partial charge in [-0.05, 0) is 30.1 Å². The van der Waals surface area contributed by atoms with Crippen molar-refractivity contribution in [3.05, 3.63) is 63.3 Å². The van der Waals surface area contributed by atoms with Crippen molar-refractivity contribution in [1.82, 2.24) is 10.3 Å². The summed E-state index contributed by atoms with van der Waals surface area (Å²) in [6, 6.07) is 5.73. The van der Waals surface area contributed by atoms with Gasteiger partial charge in [-0.1, -0.05) is 12.1 Å². The maximum Gasteiger partial charge on any atom is 0.256 e. The summed E-state index contributed by atoms with van der Waals surface area (Å²) < 4.78 is 12.7. The molecule has 0 aliphatic heterocycles. The second-order valence-corrected chi connectivity index (χ2v) is 4.38. The SMILES string of the molecule is [B]c1c(C)[nH]cc(C(=O)NCc2ccc(F)cc2)c1=O. The summed E-state index contributed by atoms with van der Waals surface area (Å²) in [4.78, 5) is 26.5. The smallest absolute Gasteiger partial charge is 0.256 e. The summed E-state index contributed by atoms with van der Waals surface area (Å²) in [5.74, 6) is -0.870. The molecule has 6 heteroatoms. The standard InChI is InChI=1S/C14H12BFN2O2/c1-8-12(15)13(19)11(7-17-8)14(20)18-6-9-2-4-10(16)5-3-9/h2-5,7H,6H2,1H3,(H,17,19)(H,18,20). The topological polar surface area (TPSA) is 62.0 Å². The highest BCUT2D eigenvalue weighted by Crippen LogP contribution is 2.02. The minimum absolute atomic E-state index is 0.0273. The predicted octanol–water partition coefficient (Wildman–Crippen LogP) is 0.546. The Morgan fingerprint density at radius 1 is 1.35 bits per heavy atom. The van der Waals surface area contributed by atoms with E-state index in [4.69, 9.17) is 7.85 Å². The minimum atomic E-state index is -0.526. The molecule has 2 radical (unpaired) electrons. The molecule has 0 saturated heterocycles. The monoisotopic (exact) mass is 270 g/mol. The van der Waals surface area contributed by atoms with E-state index in [1.165, 1.54) is 18.3 Å². The molecule has 2 rings (SSSR count). The molecule has 0 aliphatic carbocycles. The molecule has 20 heavy (non-hydrogen) atoms. The molecule has 100 valence electrons. The molecular weight excluding hydrogens is 258 g/mol. The average Bonchev–Trinajstić information content (AvgIpc) is 2.44. The van der Waals surface area contributed by atoms with E-state index in [0.717, 1.165) is 5.56 Å². The van der Waals surface area contributed by atoms with Crippen LogP contribution in [0, 0.1) is 12.7 Å². The van der Waals surface area contributed by atoms with Gasteiger partial charge in [-0.2, -0.15) is 0 Å². The van der Waals surface area contributed by atoms with Crippen molar-refractivity contribution in [3.8, 4) is 0 Å². The van der Waals surface area contributed by atoms with Crippen molar-refractivity contribution >= 4 is 19.2 Å². The third-order valence-electron chi connectivity index (χ3n) is 2.94. The normalized spacial score (nSPS) is 10.3. The Kier molecular flexibility index (Phi) is 4.03. The summed E-state index contributed by atoms with van der Waals surface area (Å²) >= 11 is 0. The van der Waals surface area contributed by atoms with Crippen molar-refractivity contribution in [2.24, 2.45) is 0 Å². The Morgan fingerprint density at radius 2 is 2.00 bits per heavy atom. The molecule has 2 N–H and O–H groups in total. The fourth-order valence-electron chi connectivity index (χ4n) is 1.69. The van der Waals surface area contributed by atoms with Crippen LogP contribution in [0.2, 0.25) is 0 Å². The van der Waals surface area contributed by atoms with Crippen LogP contribution in [0.15, 0.2) is 35.3 Å². The van der Waals surface area contributed by atoms with E-state index in [1.807, 2.05) is 0 Å². The largest absolute Gasteiger partial charge is 0.365 e. The number of nitrogens with one attached hydrogen (secondary N) is 2. The van der Waals surface area contributed by atoms with Gasteiger partial charge in [0.1, 0.15) is 19.2 Å². The summed E-state index contributed by atoms with van der Waals surface area (Å²) in [5, 5.41) is 2.59. The van der Waals surface area contributed by atoms with Crippen LogP contribution >= 0.6 is 0 Å². The molecule has 1 aromatic carbocycles. The van der Waals surface area contributed by atoms with Crippen LogP contribution < -0.4 is 16.2 Å². The van der Waals surface area contributed by atoms with Crippen molar-refractivity contribution in [3.63, 3.8) is 0 Å². The van der Waals surface area contributed by atoms with Crippen LogP contribution in [-0.4, -0.2) is 18.7 Å². The molecule has 1 amide bonds. The first-order valence-electron chi connectivity index (χ1n) is 5.99. The van der Waals surface area contributed by atoms with E-state index < -0.39 is 11.3 Å². The van der Waals surface area contributed by atoms with Gasteiger partial charge < -0.3 is 10.3 Å². The van der Waals surface area contributed by atoms with E-state index in [9.17, 15) is 14.0 Å². The Labute approximate surface area is 116 Å². The molecule has 0 aliphatic rings. The number of carbonyl (C=O) groups is 1. The van der Waals surface area contributed by atoms with Gasteiger partial charge in [0.05, 0.1) is 0 Å². The van der Waals surface area contributed by atoms with Gasteiger partial charge in [0.15, 0.2) is 5.43 Å². The zero-order valence-electron chi connectivity index (χ0n) is 10.9. The number of halogens is 1. The molecule has 2 aromatic rings. The third kappa shape index (κ3) is 2.96. The van der Waals surface area contributed by atoms with E-state index in [2.05, 4.69) is 10.3 Å². The van der Waals surface area contributed by atoms with Crippen LogP contribution in [0.25, 0.3) is 0 Å². The van der Waals surface area contributed by atoms with Crippen molar-refractivity contribution in [1.29, 1.82) is 0 Å². The number of benzene rings is 1. The summed E-state index contributed by atoms with van der Waals surface area (Å²) in [7, 11) is 5.58. The van der Waals surface area contributed by atoms with Gasteiger partial charge in [0, 0.05) is 18.4 Å². The highest BCUT2D eigenvalue weighted by atomic mass is 19.1. The molecule has 1 heterocycles. The second kappa shape index (κ2) is 5.73. The number of H-pyrrole nitrogens is 1. The van der Waals surface area contributed by atoms with Crippen molar-refractivity contribution in [2.45, 2.75) is 13.5 Å². The molecular formula is C14H12BFN2O2. The average molecular weight is 270 g/mol. The van der Waals surface area contributed by atoms with Crippen LogP contribution in [0.5, 0.6) is 0 Å². The lowest BCUT2D eigenvalue weighted by atomic mass is 9.92. The third-order valence-corrected chi connectivity index (χ3v) is 2.94. The zero-order chi connectivity index (χ0) is 14.7. The Hall–Kier alpha value is -2.37. The fourth-order valence-corrected chi connectivity index (χ4v) is 1.69. The number of aryl methyl sites for hydroxylation is 1. The van der Waals surface area contributed by atoms with E-state index in [0.29, 0.717) is 5.69 Å². The first-order valence-corrected chi connectivity index (χ1v) is 5.99. The molecule has 0 atom stereocenters.